The minimum Gasteiger partial charge on any atom is -0.391 e. The van der Waals surface area contributed by atoms with Crippen molar-refractivity contribution in [2.45, 2.75) is 18.9 Å². The van der Waals surface area contributed by atoms with Gasteiger partial charge in [0.2, 0.25) is 0 Å². The van der Waals surface area contributed by atoms with Gasteiger partial charge in [-0.3, -0.25) is 0 Å². The molecule has 1 aromatic heterocycles. The number of anilines is 1. The van der Waals surface area contributed by atoms with Crippen molar-refractivity contribution in [2.24, 2.45) is 0 Å². The number of nitrogens with zero attached hydrogens (tertiary/aromatic N) is 3. The normalized spacial score (nSPS) is 20.3. The number of benzene rings is 1. The fourth-order valence-corrected chi connectivity index (χ4v) is 2.44. The number of hydrogen-bond acceptors (Lipinski definition) is 4. The summed E-state index contributed by atoms with van der Waals surface area (Å²) in [5.41, 5.74) is 0.597. The van der Waals surface area contributed by atoms with Gasteiger partial charge in [0.15, 0.2) is 0 Å². The van der Waals surface area contributed by atoms with Crippen molar-refractivity contribution >= 4 is 16.7 Å². The van der Waals surface area contributed by atoms with Gasteiger partial charge < -0.3 is 10.0 Å². The zero-order chi connectivity index (χ0) is 12.5. The molecule has 1 fully saturated rings. The van der Waals surface area contributed by atoms with Crippen LogP contribution in [0.3, 0.4) is 0 Å². The summed E-state index contributed by atoms with van der Waals surface area (Å²) in [5.74, 6) is 0.264. The van der Waals surface area contributed by atoms with Gasteiger partial charge in [0, 0.05) is 13.1 Å². The van der Waals surface area contributed by atoms with E-state index in [-0.39, 0.29) is 11.9 Å². The molecule has 1 aromatic carbocycles. The van der Waals surface area contributed by atoms with Gasteiger partial charge in [-0.05, 0) is 25.0 Å². The van der Waals surface area contributed by atoms with Crippen LogP contribution in [0.4, 0.5) is 10.2 Å². The number of β-amino-alcohol motifs (C(OH)–C–C–N with tert-alkyl or cyclic N) is 1. The number of aliphatic hydroxyl groups is 1. The third-order valence-corrected chi connectivity index (χ3v) is 3.29. The van der Waals surface area contributed by atoms with Crippen LogP contribution < -0.4 is 4.90 Å². The Bertz CT molecular complexity index is 570. The Morgan fingerprint density at radius 3 is 3.06 bits per heavy atom. The highest BCUT2D eigenvalue weighted by atomic mass is 19.1. The van der Waals surface area contributed by atoms with E-state index in [1.165, 1.54) is 12.4 Å². The summed E-state index contributed by atoms with van der Waals surface area (Å²) in [6.07, 6.45) is 2.76. The van der Waals surface area contributed by atoms with Gasteiger partial charge in [-0.25, -0.2) is 14.4 Å². The fraction of sp³-hybridized carbons (Fsp3) is 0.385. The van der Waals surface area contributed by atoms with Crippen LogP contribution in [0.5, 0.6) is 0 Å². The lowest BCUT2D eigenvalue weighted by Crippen LogP contribution is -2.38. The average molecular weight is 247 g/mol. The van der Waals surface area contributed by atoms with Crippen LogP contribution in [0, 0.1) is 5.82 Å². The molecule has 0 spiro atoms. The molecule has 3 rings (SSSR count). The monoisotopic (exact) mass is 247 g/mol. The minimum atomic E-state index is -0.365. The van der Waals surface area contributed by atoms with Gasteiger partial charge in [0.25, 0.3) is 0 Å². The van der Waals surface area contributed by atoms with Crippen LogP contribution >= 0.6 is 0 Å². The quantitative estimate of drug-likeness (QED) is 0.833. The molecule has 0 amide bonds. The Morgan fingerprint density at radius 1 is 1.33 bits per heavy atom. The van der Waals surface area contributed by atoms with Crippen LogP contribution in [0.25, 0.3) is 10.9 Å². The lowest BCUT2D eigenvalue weighted by molar-refractivity contribution is 0.154. The summed E-state index contributed by atoms with van der Waals surface area (Å²) < 4.78 is 13.9. The second-order valence-electron chi connectivity index (χ2n) is 4.57. The zero-order valence-electron chi connectivity index (χ0n) is 9.88. The SMILES string of the molecule is O[C@H]1CCCN(c2ncnc3cccc(F)c23)C1. The van der Waals surface area contributed by atoms with E-state index in [4.69, 9.17) is 0 Å². The number of aliphatic hydroxyl groups excluding tert-OH is 1. The molecule has 0 aliphatic carbocycles. The highest BCUT2D eigenvalue weighted by molar-refractivity contribution is 5.89. The molecule has 5 heteroatoms. The van der Waals surface area contributed by atoms with Gasteiger partial charge in [-0.1, -0.05) is 6.07 Å². The molecule has 0 radical (unpaired) electrons. The molecule has 18 heavy (non-hydrogen) atoms. The molecule has 1 atom stereocenters. The van der Waals surface area contributed by atoms with Gasteiger partial charge in [-0.2, -0.15) is 0 Å². The molecule has 1 saturated heterocycles. The van der Waals surface area contributed by atoms with E-state index in [0.717, 1.165) is 19.4 Å². The molecule has 1 aliphatic rings. The van der Waals surface area contributed by atoms with Crippen molar-refractivity contribution < 1.29 is 9.50 Å². The van der Waals surface area contributed by atoms with E-state index in [0.29, 0.717) is 23.3 Å². The molecule has 0 bridgehead atoms. The molecule has 2 heterocycles. The molecule has 1 aliphatic heterocycles. The summed E-state index contributed by atoms with van der Waals surface area (Å²) >= 11 is 0. The van der Waals surface area contributed by atoms with Crippen molar-refractivity contribution in [3.63, 3.8) is 0 Å². The predicted molar refractivity (Wildman–Crippen MR) is 66.9 cm³/mol. The summed E-state index contributed by atoms with van der Waals surface area (Å²) in [6.45, 7) is 1.29. The summed E-state index contributed by atoms with van der Waals surface area (Å²) in [6, 6.07) is 4.82. The largest absolute Gasteiger partial charge is 0.391 e. The van der Waals surface area contributed by atoms with Crippen molar-refractivity contribution in [3.05, 3.63) is 30.3 Å². The van der Waals surface area contributed by atoms with Crippen LogP contribution in [-0.2, 0) is 0 Å². The Hall–Kier alpha value is -1.75. The highest BCUT2D eigenvalue weighted by Crippen LogP contribution is 2.27. The minimum absolute atomic E-state index is 0.317. The third-order valence-electron chi connectivity index (χ3n) is 3.29. The van der Waals surface area contributed by atoms with Crippen LogP contribution in [0.1, 0.15) is 12.8 Å². The number of hydrogen-bond donors (Lipinski definition) is 1. The molecular weight excluding hydrogens is 233 g/mol. The summed E-state index contributed by atoms with van der Waals surface area (Å²) in [5, 5.41) is 10.1. The molecule has 94 valence electrons. The molecule has 0 unspecified atom stereocenters. The van der Waals surface area contributed by atoms with Gasteiger partial charge >= 0.3 is 0 Å². The maximum atomic E-state index is 13.9. The summed E-state index contributed by atoms with van der Waals surface area (Å²) in [7, 11) is 0. The number of halogens is 1. The number of rotatable bonds is 1. The van der Waals surface area contributed by atoms with E-state index >= 15 is 0 Å². The summed E-state index contributed by atoms with van der Waals surface area (Å²) in [4.78, 5) is 10.2. The van der Waals surface area contributed by atoms with Crippen LogP contribution in [0.2, 0.25) is 0 Å². The second kappa shape index (κ2) is 4.49. The Balaban J connectivity index is 2.11. The lowest BCUT2D eigenvalue weighted by atomic mass is 10.1. The van der Waals surface area contributed by atoms with Gasteiger partial charge in [0.1, 0.15) is 18.0 Å². The molecule has 1 N–H and O–H groups in total. The maximum absolute atomic E-state index is 13.9. The van der Waals surface area contributed by atoms with E-state index in [1.54, 1.807) is 12.1 Å². The topological polar surface area (TPSA) is 49.2 Å². The van der Waals surface area contributed by atoms with Gasteiger partial charge in [-0.15, -0.1) is 0 Å². The molecule has 0 saturated carbocycles. The van der Waals surface area contributed by atoms with Crippen molar-refractivity contribution in [1.29, 1.82) is 0 Å². The van der Waals surface area contributed by atoms with E-state index in [1.807, 2.05) is 4.90 Å². The molecular formula is C13H14FN3O. The Labute approximate surface area is 104 Å². The van der Waals surface area contributed by atoms with Crippen LogP contribution in [0.15, 0.2) is 24.5 Å². The average Bonchev–Trinajstić information content (AvgIpc) is 2.38. The molecule has 4 nitrogen and oxygen atoms in total. The van der Waals surface area contributed by atoms with E-state index in [2.05, 4.69) is 9.97 Å². The predicted octanol–water partition coefficient (Wildman–Crippen LogP) is 1.73. The van der Waals surface area contributed by atoms with Crippen molar-refractivity contribution in [3.8, 4) is 0 Å². The van der Waals surface area contributed by atoms with Crippen LogP contribution in [-0.4, -0.2) is 34.3 Å². The lowest BCUT2D eigenvalue weighted by Gasteiger charge is -2.31. The highest BCUT2D eigenvalue weighted by Gasteiger charge is 2.21. The first kappa shape index (κ1) is 11.3. The standard InChI is InChI=1S/C13H14FN3O/c14-10-4-1-5-11-12(10)13(16-8-15-11)17-6-2-3-9(18)7-17/h1,4-5,8-9,18H,2-3,6-7H2/t9-/m0/s1. The van der Waals surface area contributed by atoms with Gasteiger partial charge in [0.05, 0.1) is 17.0 Å². The number of aromatic nitrogens is 2. The fourth-order valence-electron chi connectivity index (χ4n) is 2.44. The number of piperidine rings is 1. The first-order valence-electron chi connectivity index (χ1n) is 6.08. The third kappa shape index (κ3) is 1.90. The number of fused-ring (bicyclic) bond motifs is 1. The zero-order valence-corrected chi connectivity index (χ0v) is 9.88. The smallest absolute Gasteiger partial charge is 0.142 e. The maximum Gasteiger partial charge on any atom is 0.142 e. The van der Waals surface area contributed by atoms with E-state index in [9.17, 15) is 9.50 Å². The van der Waals surface area contributed by atoms with E-state index < -0.39 is 0 Å². The first-order chi connectivity index (χ1) is 8.75. The van der Waals surface area contributed by atoms with Crippen molar-refractivity contribution in [1.82, 2.24) is 9.97 Å². The Kier molecular flexibility index (Phi) is 2.83. The van der Waals surface area contributed by atoms with Crippen molar-refractivity contribution in [2.75, 3.05) is 18.0 Å². The Morgan fingerprint density at radius 2 is 2.22 bits per heavy atom. The second-order valence-corrected chi connectivity index (χ2v) is 4.57. The molecule has 2 aromatic rings. The first-order valence-corrected chi connectivity index (χ1v) is 6.08.